The average molecular weight is 399 g/mol. The minimum Gasteiger partial charge on any atom is -1.00 e. The van der Waals surface area contributed by atoms with Crippen molar-refractivity contribution in [1.29, 1.82) is 0 Å². The number of hydrogen-bond donors (Lipinski definition) is 0. The molecule has 0 radical (unpaired) electrons. The monoisotopic (exact) mass is 398 g/mol. The van der Waals surface area contributed by atoms with Crippen molar-refractivity contribution >= 4 is 10.9 Å². The summed E-state index contributed by atoms with van der Waals surface area (Å²) in [6.07, 6.45) is 22.8. The van der Waals surface area contributed by atoms with Gasteiger partial charge >= 0.3 is 0 Å². The second kappa shape index (κ2) is 19.6. The Labute approximate surface area is 173 Å². The maximum atomic E-state index is 2.44. The first-order valence-electron chi connectivity index (χ1n) is 11.0. The van der Waals surface area contributed by atoms with Crippen LogP contribution >= 0.6 is 0 Å². The summed E-state index contributed by atoms with van der Waals surface area (Å²) in [5.74, 6) is 2.70. The fourth-order valence-electron chi connectivity index (χ4n) is 3.47. The highest BCUT2D eigenvalue weighted by atomic mass is 35.5. The molecule has 1 aromatic carbocycles. The van der Waals surface area contributed by atoms with E-state index in [4.69, 9.17) is 0 Å². The minimum absolute atomic E-state index is 0. The van der Waals surface area contributed by atoms with Crippen molar-refractivity contribution in [3.63, 3.8) is 0 Å². The van der Waals surface area contributed by atoms with Crippen molar-refractivity contribution < 1.29 is 12.4 Å². The zero-order valence-corrected chi connectivity index (χ0v) is 19.1. The number of hydrogen-bond acceptors (Lipinski definition) is 0. The quantitative estimate of drug-likeness (QED) is 0.258. The third kappa shape index (κ3) is 16.1. The average Bonchev–Trinajstić information content (AvgIpc) is 2.63. The molecule has 0 aliphatic carbocycles. The van der Waals surface area contributed by atoms with Crippen LogP contribution < -0.4 is 12.4 Å². The Morgan fingerprint density at radius 2 is 1.04 bits per heavy atom. The molecule has 0 amide bonds. The van der Waals surface area contributed by atoms with E-state index in [1.165, 1.54) is 107 Å². The lowest BCUT2D eigenvalue weighted by Gasteiger charge is -2.05. The van der Waals surface area contributed by atoms with Gasteiger partial charge in [-0.1, -0.05) is 114 Å². The molecule has 1 unspecified atom stereocenters. The van der Waals surface area contributed by atoms with E-state index in [2.05, 4.69) is 43.5 Å². The summed E-state index contributed by atoms with van der Waals surface area (Å²) in [4.78, 5) is 0. The molecule has 0 aromatic heterocycles. The van der Waals surface area contributed by atoms with Gasteiger partial charge in [-0.25, -0.2) is 0 Å². The Hall–Kier alpha value is -0.140. The molecule has 0 N–H and O–H groups in total. The number of halogens is 1. The van der Waals surface area contributed by atoms with Crippen molar-refractivity contribution in [3.05, 3.63) is 35.9 Å². The van der Waals surface area contributed by atoms with Crippen molar-refractivity contribution in [2.75, 3.05) is 12.0 Å². The predicted molar refractivity (Wildman–Crippen MR) is 119 cm³/mol. The van der Waals surface area contributed by atoms with E-state index in [0.717, 1.165) is 0 Å². The van der Waals surface area contributed by atoms with E-state index in [0.29, 0.717) is 10.9 Å². The van der Waals surface area contributed by atoms with Gasteiger partial charge in [0.05, 0.1) is 6.26 Å². The van der Waals surface area contributed by atoms with Gasteiger partial charge in [0.2, 0.25) is 0 Å². The molecule has 152 valence electrons. The predicted octanol–water partition coefficient (Wildman–Crippen LogP) is 4.92. The van der Waals surface area contributed by atoms with Crippen LogP contribution in [0.5, 0.6) is 0 Å². The summed E-state index contributed by atoms with van der Waals surface area (Å²) in [6.45, 7) is 2.30. The lowest BCUT2D eigenvalue weighted by atomic mass is 10.0. The SMILES string of the molecule is CCCCCCCCCCCCCCCC[S+](C)Cc1ccccc1.[Cl-]. The summed E-state index contributed by atoms with van der Waals surface area (Å²) >= 11 is 0. The molecule has 1 aromatic rings. The van der Waals surface area contributed by atoms with Gasteiger partial charge in [0.1, 0.15) is 11.5 Å². The fourth-order valence-corrected chi connectivity index (χ4v) is 5.08. The van der Waals surface area contributed by atoms with E-state index < -0.39 is 0 Å². The Kier molecular flexibility index (Phi) is 19.5. The summed E-state index contributed by atoms with van der Waals surface area (Å²) in [5.41, 5.74) is 1.51. The highest BCUT2D eigenvalue weighted by Gasteiger charge is 2.11. The van der Waals surface area contributed by atoms with Crippen molar-refractivity contribution in [2.45, 2.75) is 103 Å². The second-order valence-corrected chi connectivity index (χ2v) is 9.97. The summed E-state index contributed by atoms with van der Waals surface area (Å²) in [7, 11) is 0.563. The number of benzene rings is 1. The van der Waals surface area contributed by atoms with E-state index >= 15 is 0 Å². The van der Waals surface area contributed by atoms with Crippen molar-refractivity contribution in [2.24, 2.45) is 0 Å². The number of unbranched alkanes of at least 4 members (excludes halogenated alkanes) is 13. The van der Waals surface area contributed by atoms with E-state index in [1.807, 2.05) is 0 Å². The fraction of sp³-hybridized carbons (Fsp3) is 0.750. The van der Waals surface area contributed by atoms with Gasteiger partial charge in [-0.05, 0) is 23.7 Å². The van der Waals surface area contributed by atoms with E-state index in [1.54, 1.807) is 0 Å². The van der Waals surface area contributed by atoms with Gasteiger partial charge in [-0.2, -0.15) is 0 Å². The molecule has 0 heterocycles. The molecule has 0 bridgehead atoms. The topological polar surface area (TPSA) is 0 Å². The van der Waals surface area contributed by atoms with Gasteiger partial charge in [0.15, 0.2) is 0 Å². The van der Waals surface area contributed by atoms with Crippen LogP contribution in [0.4, 0.5) is 0 Å². The van der Waals surface area contributed by atoms with Gasteiger partial charge in [0, 0.05) is 5.56 Å². The molecule has 26 heavy (non-hydrogen) atoms. The lowest BCUT2D eigenvalue weighted by molar-refractivity contribution is -0.00000551. The van der Waals surface area contributed by atoms with Gasteiger partial charge in [-0.15, -0.1) is 0 Å². The third-order valence-electron chi connectivity index (χ3n) is 5.10. The maximum Gasteiger partial charge on any atom is 0.132 e. The van der Waals surface area contributed by atoms with Crippen LogP contribution in [0.15, 0.2) is 30.3 Å². The molecule has 0 spiro atoms. The Morgan fingerprint density at radius 3 is 1.50 bits per heavy atom. The first-order chi connectivity index (χ1) is 12.3. The smallest absolute Gasteiger partial charge is 0.132 e. The highest BCUT2D eigenvalue weighted by molar-refractivity contribution is 7.95. The van der Waals surface area contributed by atoms with Gasteiger partial charge in [-0.3, -0.25) is 0 Å². The van der Waals surface area contributed by atoms with Gasteiger partial charge in [0.25, 0.3) is 0 Å². The van der Waals surface area contributed by atoms with Crippen LogP contribution in [-0.4, -0.2) is 12.0 Å². The zero-order valence-electron chi connectivity index (χ0n) is 17.5. The Balaban J connectivity index is 0.00000625. The van der Waals surface area contributed by atoms with Crippen LogP contribution in [0.3, 0.4) is 0 Å². The molecular formula is C24H43ClS. The molecule has 0 aliphatic rings. The molecular weight excluding hydrogens is 356 g/mol. The summed E-state index contributed by atoms with van der Waals surface area (Å²) in [5, 5.41) is 0. The maximum absolute atomic E-state index is 2.44. The molecule has 1 rings (SSSR count). The largest absolute Gasteiger partial charge is 1.00 e. The molecule has 0 nitrogen and oxygen atoms in total. The standard InChI is InChI=1S/C24H43S.ClH/c1-3-4-5-6-7-8-9-10-11-12-13-14-15-19-22-25(2)23-24-20-17-16-18-21-24;/h16-18,20-21H,3-15,19,22-23H2,1-2H3;1H/q+1;/p-1. The first-order valence-corrected chi connectivity index (χ1v) is 12.9. The molecule has 0 fully saturated rings. The molecule has 2 heteroatoms. The highest BCUT2D eigenvalue weighted by Crippen LogP contribution is 2.14. The molecule has 0 aliphatic heterocycles. The van der Waals surface area contributed by atoms with E-state index in [-0.39, 0.29) is 12.4 Å². The summed E-state index contributed by atoms with van der Waals surface area (Å²) < 4.78 is 0. The Bertz CT molecular complexity index is 379. The van der Waals surface area contributed by atoms with Crippen LogP contribution in [0.1, 0.15) is 102 Å². The lowest BCUT2D eigenvalue weighted by Crippen LogP contribution is -3.00. The van der Waals surface area contributed by atoms with Crippen LogP contribution in [0.2, 0.25) is 0 Å². The first kappa shape index (κ1) is 25.9. The van der Waals surface area contributed by atoms with Crippen molar-refractivity contribution in [1.82, 2.24) is 0 Å². The zero-order chi connectivity index (χ0) is 18.0. The van der Waals surface area contributed by atoms with E-state index in [9.17, 15) is 0 Å². The minimum atomic E-state index is 0. The van der Waals surface area contributed by atoms with Crippen molar-refractivity contribution in [3.8, 4) is 0 Å². The van der Waals surface area contributed by atoms with Crippen LogP contribution in [-0.2, 0) is 16.6 Å². The van der Waals surface area contributed by atoms with Crippen LogP contribution in [0.25, 0.3) is 0 Å². The number of rotatable bonds is 17. The van der Waals surface area contributed by atoms with Crippen LogP contribution in [0, 0.1) is 0 Å². The molecule has 1 atom stereocenters. The summed E-state index contributed by atoms with van der Waals surface area (Å²) in [6, 6.07) is 11.0. The molecule has 0 saturated carbocycles. The third-order valence-corrected chi connectivity index (χ3v) is 6.91. The second-order valence-electron chi connectivity index (χ2n) is 7.71. The molecule has 0 saturated heterocycles. The van der Waals surface area contributed by atoms with Gasteiger partial charge < -0.3 is 12.4 Å². The normalized spacial score (nSPS) is 11.9. The Morgan fingerprint density at radius 1 is 0.615 bits per heavy atom.